The maximum atomic E-state index is 11.5. The van der Waals surface area contributed by atoms with Crippen molar-refractivity contribution in [3.8, 4) is 11.4 Å². The third kappa shape index (κ3) is 3.40. The molecule has 1 fully saturated rings. The number of hydrogen-bond donors (Lipinski definition) is 0. The fraction of sp³-hybridized carbons (Fsp3) is 0.316. The van der Waals surface area contributed by atoms with E-state index in [9.17, 15) is 4.79 Å². The van der Waals surface area contributed by atoms with E-state index in [1.54, 1.807) is 11.3 Å². The molecule has 0 amide bonds. The summed E-state index contributed by atoms with van der Waals surface area (Å²) in [6.45, 7) is 3.60. The van der Waals surface area contributed by atoms with Gasteiger partial charge in [0, 0.05) is 42.5 Å². The molecule has 6 nitrogen and oxygen atoms in total. The smallest absolute Gasteiger partial charge is 0.319 e. The van der Waals surface area contributed by atoms with Crippen molar-refractivity contribution in [1.82, 2.24) is 14.9 Å². The first-order chi connectivity index (χ1) is 12.7. The Hall–Kier alpha value is -2.51. The second-order valence-corrected chi connectivity index (χ2v) is 7.02. The van der Waals surface area contributed by atoms with E-state index < -0.39 is 0 Å². The van der Waals surface area contributed by atoms with E-state index >= 15 is 0 Å². The van der Waals surface area contributed by atoms with Crippen molar-refractivity contribution >= 4 is 34.0 Å². The third-order valence-corrected chi connectivity index (χ3v) is 5.30. The second-order valence-electron chi connectivity index (χ2n) is 6.24. The zero-order valence-electron chi connectivity index (χ0n) is 14.6. The van der Waals surface area contributed by atoms with Gasteiger partial charge < -0.3 is 9.64 Å². The van der Waals surface area contributed by atoms with Gasteiger partial charge in [-0.05, 0) is 23.6 Å². The quantitative estimate of drug-likeness (QED) is 0.660. The number of anilines is 1. The van der Waals surface area contributed by atoms with Crippen LogP contribution >= 0.6 is 11.3 Å². The zero-order valence-corrected chi connectivity index (χ0v) is 15.4. The molecule has 0 aliphatic carbocycles. The number of methoxy groups -OCH3 is 1. The first-order valence-corrected chi connectivity index (χ1v) is 9.52. The molecule has 26 heavy (non-hydrogen) atoms. The first-order valence-electron chi connectivity index (χ1n) is 8.58. The van der Waals surface area contributed by atoms with Gasteiger partial charge in [-0.3, -0.25) is 9.69 Å². The fourth-order valence-corrected chi connectivity index (χ4v) is 3.82. The molecular weight excluding hydrogens is 348 g/mol. The summed E-state index contributed by atoms with van der Waals surface area (Å²) in [6, 6.07) is 10.2. The van der Waals surface area contributed by atoms with Crippen LogP contribution in [0.15, 0.2) is 41.1 Å². The van der Waals surface area contributed by atoms with Crippen molar-refractivity contribution in [2.24, 2.45) is 0 Å². The van der Waals surface area contributed by atoms with E-state index in [4.69, 9.17) is 14.7 Å². The lowest BCUT2D eigenvalue weighted by Crippen LogP contribution is -2.48. The number of thiophene rings is 1. The Morgan fingerprint density at radius 3 is 2.69 bits per heavy atom. The molecule has 0 spiro atoms. The normalized spacial score (nSPS) is 15.3. The van der Waals surface area contributed by atoms with Crippen LogP contribution in [0.4, 0.5) is 5.82 Å². The summed E-state index contributed by atoms with van der Waals surface area (Å²) in [5.41, 5.74) is 2.00. The number of ether oxygens (including phenoxy) is 1. The minimum atomic E-state index is -0.189. The monoisotopic (exact) mass is 368 g/mol. The van der Waals surface area contributed by atoms with Crippen LogP contribution in [0.25, 0.3) is 22.3 Å². The Morgan fingerprint density at radius 2 is 1.96 bits per heavy atom. The minimum absolute atomic E-state index is 0.189. The van der Waals surface area contributed by atoms with E-state index in [1.165, 1.54) is 7.11 Å². The van der Waals surface area contributed by atoms with Gasteiger partial charge in [0.15, 0.2) is 5.82 Å². The van der Waals surface area contributed by atoms with Gasteiger partial charge in [0.05, 0.1) is 19.2 Å². The molecule has 0 atom stereocenters. The van der Waals surface area contributed by atoms with E-state index in [0.717, 1.165) is 54.3 Å². The highest BCUT2D eigenvalue weighted by molar-refractivity contribution is 7.08. The number of carbonyl (C=O) groups excluding carboxylic acids is 1. The number of esters is 1. The number of aromatic nitrogens is 2. The van der Waals surface area contributed by atoms with Crippen LogP contribution in [0.5, 0.6) is 0 Å². The highest BCUT2D eigenvalue weighted by Gasteiger charge is 2.22. The number of hydrogen-bond acceptors (Lipinski definition) is 7. The molecule has 0 bridgehead atoms. The minimum Gasteiger partial charge on any atom is -0.468 e. The zero-order chi connectivity index (χ0) is 17.9. The van der Waals surface area contributed by atoms with Gasteiger partial charge in [0.1, 0.15) is 5.82 Å². The number of fused-ring (bicyclic) bond motifs is 1. The Morgan fingerprint density at radius 1 is 1.15 bits per heavy atom. The van der Waals surface area contributed by atoms with Gasteiger partial charge in [-0.2, -0.15) is 11.3 Å². The average Bonchev–Trinajstić information content (AvgIpc) is 3.22. The van der Waals surface area contributed by atoms with E-state index in [-0.39, 0.29) is 5.97 Å². The molecule has 7 heteroatoms. The average molecular weight is 368 g/mol. The van der Waals surface area contributed by atoms with Gasteiger partial charge in [0.2, 0.25) is 0 Å². The summed E-state index contributed by atoms with van der Waals surface area (Å²) < 4.78 is 4.77. The highest BCUT2D eigenvalue weighted by Crippen LogP contribution is 2.29. The van der Waals surface area contributed by atoms with Crippen molar-refractivity contribution in [3.05, 3.63) is 41.1 Å². The molecule has 1 saturated heterocycles. The fourth-order valence-electron chi connectivity index (χ4n) is 3.19. The summed E-state index contributed by atoms with van der Waals surface area (Å²) in [5, 5.41) is 5.18. The lowest BCUT2D eigenvalue weighted by atomic mass is 10.2. The number of nitrogens with zero attached hydrogens (tertiary/aromatic N) is 4. The summed E-state index contributed by atoms with van der Waals surface area (Å²) in [7, 11) is 1.43. The molecule has 1 aliphatic rings. The number of piperazine rings is 1. The maximum absolute atomic E-state index is 11.5. The molecule has 0 N–H and O–H groups in total. The van der Waals surface area contributed by atoms with Gasteiger partial charge in [0.25, 0.3) is 0 Å². The standard InChI is InChI=1S/C19H20N4O2S/c1-25-17(24)12-22-7-9-23(10-8-22)19-15-4-2-3-5-16(15)20-18(21-19)14-6-11-26-13-14/h2-6,11,13H,7-10,12H2,1H3. The highest BCUT2D eigenvalue weighted by atomic mass is 32.1. The van der Waals surface area contributed by atoms with Crippen LogP contribution in [-0.2, 0) is 9.53 Å². The number of benzene rings is 1. The Bertz CT molecular complexity index is 905. The van der Waals surface area contributed by atoms with E-state index in [2.05, 4.69) is 21.2 Å². The Kier molecular flexibility index (Phi) is 4.81. The van der Waals surface area contributed by atoms with E-state index in [0.29, 0.717) is 6.54 Å². The topological polar surface area (TPSA) is 58.6 Å². The van der Waals surface area contributed by atoms with Crippen molar-refractivity contribution in [3.63, 3.8) is 0 Å². The summed E-state index contributed by atoms with van der Waals surface area (Å²) in [6.07, 6.45) is 0. The largest absolute Gasteiger partial charge is 0.468 e. The van der Waals surface area contributed by atoms with Crippen molar-refractivity contribution in [2.75, 3.05) is 44.7 Å². The molecule has 0 saturated carbocycles. The van der Waals surface area contributed by atoms with Crippen molar-refractivity contribution < 1.29 is 9.53 Å². The van der Waals surface area contributed by atoms with Gasteiger partial charge in [-0.25, -0.2) is 9.97 Å². The third-order valence-electron chi connectivity index (χ3n) is 4.61. The van der Waals surface area contributed by atoms with Crippen LogP contribution in [0.3, 0.4) is 0 Å². The predicted octanol–water partition coefficient (Wildman–Crippen LogP) is 2.65. The van der Waals surface area contributed by atoms with Crippen LogP contribution < -0.4 is 4.90 Å². The molecule has 3 aromatic rings. The Balaban J connectivity index is 1.63. The summed E-state index contributed by atoms with van der Waals surface area (Å²) in [4.78, 5) is 25.5. The maximum Gasteiger partial charge on any atom is 0.319 e. The SMILES string of the molecule is COC(=O)CN1CCN(c2nc(-c3ccsc3)nc3ccccc23)CC1. The van der Waals surface area contributed by atoms with Crippen LogP contribution in [0, 0.1) is 0 Å². The number of carbonyl (C=O) groups is 1. The van der Waals surface area contributed by atoms with Crippen molar-refractivity contribution in [1.29, 1.82) is 0 Å². The lowest BCUT2D eigenvalue weighted by Gasteiger charge is -2.35. The lowest BCUT2D eigenvalue weighted by molar-refractivity contribution is -0.142. The molecule has 1 aliphatic heterocycles. The molecule has 2 aromatic heterocycles. The molecule has 3 heterocycles. The van der Waals surface area contributed by atoms with Crippen LogP contribution in [0.1, 0.15) is 0 Å². The second kappa shape index (κ2) is 7.39. The van der Waals surface area contributed by atoms with Gasteiger partial charge in [-0.15, -0.1) is 0 Å². The molecule has 0 radical (unpaired) electrons. The van der Waals surface area contributed by atoms with Gasteiger partial charge in [-0.1, -0.05) is 12.1 Å². The summed E-state index contributed by atoms with van der Waals surface area (Å²) >= 11 is 1.65. The first kappa shape index (κ1) is 16.9. The van der Waals surface area contributed by atoms with Crippen molar-refractivity contribution in [2.45, 2.75) is 0 Å². The predicted molar refractivity (Wildman–Crippen MR) is 104 cm³/mol. The molecule has 4 rings (SSSR count). The molecule has 134 valence electrons. The van der Waals surface area contributed by atoms with E-state index in [1.807, 2.05) is 29.6 Å². The molecular formula is C19H20N4O2S. The van der Waals surface area contributed by atoms with Gasteiger partial charge >= 0.3 is 5.97 Å². The Labute approximate surface area is 156 Å². The van der Waals surface area contributed by atoms with Crippen LogP contribution in [0.2, 0.25) is 0 Å². The number of para-hydroxylation sites is 1. The summed E-state index contributed by atoms with van der Waals surface area (Å²) in [5.74, 6) is 1.54. The van der Waals surface area contributed by atoms with Crippen LogP contribution in [-0.4, -0.2) is 60.7 Å². The molecule has 1 aromatic carbocycles. The number of rotatable bonds is 4. The molecule has 0 unspecified atom stereocenters.